The van der Waals surface area contributed by atoms with Crippen LogP contribution < -0.4 is 16.8 Å². The Balaban J connectivity index is 3.06. The highest BCUT2D eigenvalue weighted by atomic mass is 32.1. The number of nitrogens with one attached hydrogen (secondary N) is 1. The van der Waals surface area contributed by atoms with Crippen molar-refractivity contribution in [2.75, 3.05) is 13.2 Å². The minimum absolute atomic E-state index is 0.0359. The van der Waals surface area contributed by atoms with Crippen molar-refractivity contribution in [1.82, 2.24) is 5.32 Å². The van der Waals surface area contributed by atoms with E-state index in [1.807, 2.05) is 0 Å². The highest BCUT2D eigenvalue weighted by Gasteiger charge is 1.91. The van der Waals surface area contributed by atoms with Crippen LogP contribution in [-0.2, 0) is 4.74 Å². The summed E-state index contributed by atoms with van der Waals surface area (Å²) in [6.45, 7) is 0.560. The molecule has 0 unspecified atom stereocenters. The number of ether oxygens (including phenoxy) is 1. The maximum atomic E-state index is 10.0. The van der Waals surface area contributed by atoms with Crippen molar-refractivity contribution in [3.05, 3.63) is 0 Å². The molecule has 0 bridgehead atoms. The summed E-state index contributed by atoms with van der Waals surface area (Å²) >= 11 is 4.39. The molecule has 0 aromatic heterocycles. The van der Waals surface area contributed by atoms with Crippen LogP contribution in [0, 0.1) is 0 Å². The highest BCUT2D eigenvalue weighted by molar-refractivity contribution is 7.80. The SMILES string of the molecule is NC(=O)NCCOC(N)=S. The number of primary amides is 1. The standard InChI is InChI=1S/C4H9N3O2S/c5-3(8)7-1-2-9-4(6)10/h1-2H2,(H2,6,10)(H3,5,7,8). The summed E-state index contributed by atoms with van der Waals surface area (Å²) < 4.78 is 4.63. The molecule has 0 radical (unpaired) electrons. The smallest absolute Gasteiger partial charge is 0.312 e. The molecule has 0 atom stereocenters. The molecule has 5 N–H and O–H groups in total. The van der Waals surface area contributed by atoms with E-state index in [-0.39, 0.29) is 11.8 Å². The normalized spacial score (nSPS) is 8.40. The van der Waals surface area contributed by atoms with Gasteiger partial charge in [-0.05, 0) is 12.2 Å². The van der Waals surface area contributed by atoms with Crippen LogP contribution in [0.15, 0.2) is 0 Å². The van der Waals surface area contributed by atoms with Crippen molar-refractivity contribution in [3.63, 3.8) is 0 Å². The Hall–Kier alpha value is -1.04. The van der Waals surface area contributed by atoms with Gasteiger partial charge in [0.15, 0.2) is 0 Å². The predicted octanol–water partition coefficient (Wildman–Crippen LogP) is -1.09. The minimum Gasteiger partial charge on any atom is -0.469 e. The summed E-state index contributed by atoms with van der Waals surface area (Å²) in [6, 6.07) is -0.591. The average molecular weight is 163 g/mol. The van der Waals surface area contributed by atoms with Crippen LogP contribution in [0.25, 0.3) is 0 Å². The van der Waals surface area contributed by atoms with E-state index >= 15 is 0 Å². The third-order valence-corrected chi connectivity index (χ3v) is 0.763. The fourth-order valence-corrected chi connectivity index (χ4v) is 0.409. The van der Waals surface area contributed by atoms with Gasteiger partial charge in [-0.1, -0.05) is 0 Å². The number of rotatable bonds is 3. The Morgan fingerprint density at radius 3 is 2.60 bits per heavy atom. The minimum atomic E-state index is -0.591. The van der Waals surface area contributed by atoms with Crippen LogP contribution in [0.1, 0.15) is 0 Å². The van der Waals surface area contributed by atoms with Gasteiger partial charge in [0.2, 0.25) is 0 Å². The molecule has 0 saturated heterocycles. The van der Waals surface area contributed by atoms with E-state index in [1.165, 1.54) is 0 Å². The molecule has 0 heterocycles. The molecule has 10 heavy (non-hydrogen) atoms. The van der Waals surface area contributed by atoms with Crippen LogP contribution in [0.2, 0.25) is 0 Å². The second-order valence-corrected chi connectivity index (χ2v) is 1.86. The molecule has 0 aromatic rings. The molecule has 0 rings (SSSR count). The van der Waals surface area contributed by atoms with Crippen molar-refractivity contribution in [1.29, 1.82) is 0 Å². The van der Waals surface area contributed by atoms with Crippen molar-refractivity contribution in [3.8, 4) is 0 Å². The average Bonchev–Trinajstić information content (AvgIpc) is 1.79. The maximum absolute atomic E-state index is 10.0. The number of hydrogen-bond donors (Lipinski definition) is 3. The van der Waals surface area contributed by atoms with E-state index in [9.17, 15) is 4.79 Å². The van der Waals surface area contributed by atoms with Gasteiger partial charge >= 0.3 is 6.03 Å². The summed E-state index contributed by atoms with van der Waals surface area (Å²) in [5, 5.41) is 2.26. The lowest BCUT2D eigenvalue weighted by Crippen LogP contribution is -2.33. The van der Waals surface area contributed by atoms with Gasteiger partial charge in [0, 0.05) is 0 Å². The first-order valence-electron chi connectivity index (χ1n) is 2.58. The third-order valence-electron chi connectivity index (χ3n) is 0.646. The third kappa shape index (κ3) is 6.96. The van der Waals surface area contributed by atoms with E-state index in [4.69, 9.17) is 11.5 Å². The maximum Gasteiger partial charge on any atom is 0.312 e. The monoisotopic (exact) mass is 163 g/mol. The summed E-state index contributed by atoms with van der Waals surface area (Å²) in [6.07, 6.45) is 0. The van der Waals surface area contributed by atoms with Crippen LogP contribution in [0.4, 0.5) is 4.79 Å². The summed E-state index contributed by atoms with van der Waals surface area (Å²) in [5.74, 6) is 0. The Labute approximate surface area is 63.7 Å². The molecule has 0 aliphatic heterocycles. The van der Waals surface area contributed by atoms with E-state index in [0.717, 1.165) is 0 Å². The predicted molar refractivity (Wildman–Crippen MR) is 40.3 cm³/mol. The van der Waals surface area contributed by atoms with Gasteiger partial charge in [-0.15, -0.1) is 0 Å². The summed E-state index contributed by atoms with van der Waals surface area (Å²) in [5.41, 5.74) is 9.71. The number of urea groups is 1. The van der Waals surface area contributed by atoms with E-state index in [1.54, 1.807) is 0 Å². The van der Waals surface area contributed by atoms with Crippen molar-refractivity contribution in [2.45, 2.75) is 0 Å². The van der Waals surface area contributed by atoms with Gasteiger partial charge in [-0.25, -0.2) is 4.79 Å². The van der Waals surface area contributed by atoms with E-state index < -0.39 is 6.03 Å². The molecular weight excluding hydrogens is 154 g/mol. The highest BCUT2D eigenvalue weighted by Crippen LogP contribution is 1.71. The zero-order valence-corrected chi connectivity index (χ0v) is 6.11. The molecule has 0 fully saturated rings. The molecule has 2 amide bonds. The molecule has 0 aliphatic carbocycles. The lowest BCUT2D eigenvalue weighted by Gasteiger charge is -2.02. The van der Waals surface area contributed by atoms with Crippen molar-refractivity contribution in [2.24, 2.45) is 11.5 Å². The number of carbonyl (C=O) groups excluding carboxylic acids is 1. The number of amides is 2. The first-order valence-corrected chi connectivity index (χ1v) is 2.99. The van der Waals surface area contributed by atoms with Crippen LogP contribution >= 0.6 is 12.2 Å². The Morgan fingerprint density at radius 2 is 2.20 bits per heavy atom. The Bertz CT molecular complexity index is 122. The van der Waals surface area contributed by atoms with Gasteiger partial charge in [0.1, 0.15) is 6.61 Å². The van der Waals surface area contributed by atoms with Crippen molar-refractivity contribution >= 4 is 23.4 Å². The molecule has 0 spiro atoms. The fraction of sp³-hybridized carbons (Fsp3) is 0.500. The molecule has 0 aromatic carbocycles. The fourth-order valence-electron chi connectivity index (χ4n) is 0.326. The van der Waals surface area contributed by atoms with Gasteiger partial charge in [0.05, 0.1) is 6.54 Å². The van der Waals surface area contributed by atoms with Gasteiger partial charge in [-0.3, -0.25) is 0 Å². The Kier molecular flexibility index (Phi) is 4.30. The van der Waals surface area contributed by atoms with Crippen LogP contribution in [0.3, 0.4) is 0 Å². The van der Waals surface area contributed by atoms with E-state index in [2.05, 4.69) is 22.3 Å². The van der Waals surface area contributed by atoms with Gasteiger partial charge < -0.3 is 21.5 Å². The van der Waals surface area contributed by atoms with Gasteiger partial charge in [0.25, 0.3) is 5.17 Å². The number of carbonyl (C=O) groups is 1. The molecular formula is C4H9N3O2S. The van der Waals surface area contributed by atoms with Crippen LogP contribution in [0.5, 0.6) is 0 Å². The number of thiocarbonyl (C=S) groups is 1. The number of nitrogens with two attached hydrogens (primary N) is 2. The second kappa shape index (κ2) is 4.80. The second-order valence-electron chi connectivity index (χ2n) is 1.46. The Morgan fingerprint density at radius 1 is 1.60 bits per heavy atom. The molecule has 6 heteroatoms. The lowest BCUT2D eigenvalue weighted by atomic mass is 10.7. The first kappa shape index (κ1) is 8.96. The summed E-state index contributed by atoms with van der Waals surface area (Å²) in [4.78, 5) is 10.0. The van der Waals surface area contributed by atoms with Gasteiger partial charge in [-0.2, -0.15) is 0 Å². The molecule has 0 saturated carbocycles. The summed E-state index contributed by atoms with van der Waals surface area (Å²) in [7, 11) is 0. The molecule has 58 valence electrons. The largest absolute Gasteiger partial charge is 0.469 e. The molecule has 5 nitrogen and oxygen atoms in total. The topological polar surface area (TPSA) is 90.4 Å². The molecule has 0 aliphatic rings. The number of hydrogen-bond acceptors (Lipinski definition) is 3. The lowest BCUT2D eigenvalue weighted by molar-refractivity contribution is 0.243. The first-order chi connectivity index (χ1) is 4.63. The quantitative estimate of drug-likeness (QED) is 0.364. The zero-order valence-electron chi connectivity index (χ0n) is 5.29. The van der Waals surface area contributed by atoms with Crippen LogP contribution in [-0.4, -0.2) is 24.4 Å². The zero-order chi connectivity index (χ0) is 7.98. The van der Waals surface area contributed by atoms with Crippen molar-refractivity contribution < 1.29 is 9.53 Å². The van der Waals surface area contributed by atoms with E-state index in [0.29, 0.717) is 6.54 Å².